The van der Waals surface area contributed by atoms with Crippen LogP contribution in [-0.2, 0) is 4.74 Å². The van der Waals surface area contributed by atoms with E-state index in [0.717, 1.165) is 38.4 Å². The van der Waals surface area contributed by atoms with E-state index in [9.17, 15) is 9.59 Å². The highest BCUT2D eigenvalue weighted by Crippen LogP contribution is 2.18. The maximum Gasteiger partial charge on any atom is 0.337 e. The van der Waals surface area contributed by atoms with Gasteiger partial charge in [-0.2, -0.15) is 0 Å². The number of likely N-dealkylation sites (N-methyl/N-ethyl adjacent to an activating group) is 1. The predicted octanol–water partition coefficient (Wildman–Crippen LogP) is 2.39. The second-order valence-electron chi connectivity index (χ2n) is 6.35. The van der Waals surface area contributed by atoms with Crippen LogP contribution in [-0.4, -0.2) is 66.5 Å². The minimum atomic E-state index is -0.379. The van der Waals surface area contributed by atoms with Gasteiger partial charge in [-0.05, 0) is 42.9 Å². The molecule has 0 bridgehead atoms. The number of carbonyl (C=O) groups excluding carboxylic acids is 2. The molecule has 27 heavy (non-hydrogen) atoms. The summed E-state index contributed by atoms with van der Waals surface area (Å²) in [5.41, 5.74) is 1.87. The first-order valence-corrected chi connectivity index (χ1v) is 9.04. The second kappa shape index (κ2) is 8.64. The molecule has 1 aliphatic rings. The lowest BCUT2D eigenvalue weighted by atomic mass is 10.2. The fourth-order valence-electron chi connectivity index (χ4n) is 3.04. The number of nitrogens with zero attached hydrogens (tertiary/aromatic N) is 3. The summed E-state index contributed by atoms with van der Waals surface area (Å²) < 4.78 is 4.69. The number of hydrogen-bond donors (Lipinski definition) is 1. The van der Waals surface area contributed by atoms with E-state index in [-0.39, 0.29) is 11.9 Å². The topological polar surface area (TPSA) is 74.8 Å². The minimum Gasteiger partial charge on any atom is -0.465 e. The Balaban J connectivity index is 1.66. The van der Waals surface area contributed by atoms with Crippen LogP contribution in [0.5, 0.6) is 0 Å². The third kappa shape index (κ3) is 4.62. The largest absolute Gasteiger partial charge is 0.465 e. The van der Waals surface area contributed by atoms with Crippen molar-refractivity contribution in [3.63, 3.8) is 0 Å². The highest BCUT2D eigenvalue weighted by atomic mass is 16.5. The number of aromatic nitrogens is 1. The zero-order valence-corrected chi connectivity index (χ0v) is 15.6. The van der Waals surface area contributed by atoms with E-state index in [1.807, 2.05) is 4.90 Å². The average molecular weight is 368 g/mol. The van der Waals surface area contributed by atoms with Crippen molar-refractivity contribution >= 4 is 23.4 Å². The third-order valence-electron chi connectivity index (χ3n) is 4.69. The number of anilines is 2. The molecule has 3 rings (SSSR count). The standard InChI is InChI=1S/C20H24N4O3/c1-3-23-10-12-24(13-11-23)19(25)16-8-9-21-18(14-16)22-17-6-4-15(5-7-17)20(26)27-2/h4-9,14H,3,10-13H2,1-2H3,(H,21,22). The number of hydrogen-bond acceptors (Lipinski definition) is 6. The van der Waals surface area contributed by atoms with Crippen molar-refractivity contribution < 1.29 is 14.3 Å². The summed E-state index contributed by atoms with van der Waals surface area (Å²) >= 11 is 0. The molecule has 1 aromatic carbocycles. The normalized spacial score (nSPS) is 14.7. The number of rotatable bonds is 5. The van der Waals surface area contributed by atoms with Crippen molar-refractivity contribution in [3.8, 4) is 0 Å². The van der Waals surface area contributed by atoms with Gasteiger partial charge < -0.3 is 19.9 Å². The molecule has 0 aliphatic carbocycles. The Hall–Kier alpha value is -2.93. The monoisotopic (exact) mass is 368 g/mol. The van der Waals surface area contributed by atoms with Crippen LogP contribution in [0.4, 0.5) is 11.5 Å². The number of methoxy groups -OCH3 is 1. The van der Waals surface area contributed by atoms with Gasteiger partial charge >= 0.3 is 5.97 Å². The molecule has 0 atom stereocenters. The molecule has 0 saturated carbocycles. The molecule has 0 unspecified atom stereocenters. The van der Waals surface area contributed by atoms with E-state index >= 15 is 0 Å². The minimum absolute atomic E-state index is 0.0252. The highest BCUT2D eigenvalue weighted by Gasteiger charge is 2.21. The molecule has 1 fully saturated rings. The number of ether oxygens (including phenoxy) is 1. The van der Waals surface area contributed by atoms with E-state index < -0.39 is 0 Å². The Morgan fingerprint density at radius 2 is 1.78 bits per heavy atom. The van der Waals surface area contributed by atoms with Crippen molar-refractivity contribution in [2.45, 2.75) is 6.92 Å². The van der Waals surface area contributed by atoms with E-state index in [1.54, 1.807) is 42.6 Å². The van der Waals surface area contributed by atoms with E-state index in [4.69, 9.17) is 4.74 Å². The maximum absolute atomic E-state index is 12.8. The van der Waals surface area contributed by atoms with E-state index in [1.165, 1.54) is 7.11 Å². The smallest absolute Gasteiger partial charge is 0.337 e. The molecule has 1 aromatic heterocycles. The number of nitrogens with one attached hydrogen (secondary N) is 1. The maximum atomic E-state index is 12.8. The van der Waals surface area contributed by atoms with E-state index in [2.05, 4.69) is 22.1 Å². The molecule has 142 valence electrons. The molecule has 1 amide bonds. The lowest BCUT2D eigenvalue weighted by molar-refractivity contribution is 0.0599. The molecule has 2 aromatic rings. The van der Waals surface area contributed by atoms with Gasteiger partial charge in [0.15, 0.2) is 0 Å². The van der Waals surface area contributed by atoms with E-state index in [0.29, 0.717) is 16.9 Å². The van der Waals surface area contributed by atoms with Crippen molar-refractivity contribution in [3.05, 3.63) is 53.7 Å². The number of carbonyl (C=O) groups is 2. The summed E-state index contributed by atoms with van der Waals surface area (Å²) in [5.74, 6) is 0.228. The van der Waals surface area contributed by atoms with Crippen molar-refractivity contribution in [1.29, 1.82) is 0 Å². The highest BCUT2D eigenvalue weighted by molar-refractivity contribution is 5.95. The number of benzene rings is 1. The first kappa shape index (κ1) is 18.8. The van der Waals surface area contributed by atoms with Gasteiger partial charge in [0, 0.05) is 43.6 Å². The summed E-state index contributed by atoms with van der Waals surface area (Å²) in [6.07, 6.45) is 1.63. The molecule has 0 radical (unpaired) electrons. The zero-order valence-electron chi connectivity index (χ0n) is 15.6. The Morgan fingerprint density at radius 1 is 1.07 bits per heavy atom. The van der Waals surface area contributed by atoms with Crippen LogP contribution in [0, 0.1) is 0 Å². The number of pyridine rings is 1. The first-order chi connectivity index (χ1) is 13.1. The van der Waals surface area contributed by atoms with Crippen LogP contribution in [0.1, 0.15) is 27.6 Å². The van der Waals surface area contributed by atoms with Crippen molar-refractivity contribution in [2.75, 3.05) is 45.2 Å². The van der Waals surface area contributed by atoms with Gasteiger partial charge in [0.25, 0.3) is 5.91 Å². The summed E-state index contributed by atoms with van der Waals surface area (Å²) in [6, 6.07) is 10.4. The number of esters is 1. The summed E-state index contributed by atoms with van der Waals surface area (Å²) in [7, 11) is 1.35. The Bertz CT molecular complexity index is 799. The Labute approximate surface area is 158 Å². The molecule has 2 heterocycles. The van der Waals surface area contributed by atoms with Crippen LogP contribution < -0.4 is 5.32 Å². The molecule has 0 spiro atoms. The molecule has 1 N–H and O–H groups in total. The molecular weight excluding hydrogens is 344 g/mol. The zero-order chi connectivity index (χ0) is 19.2. The van der Waals surface area contributed by atoms with Crippen LogP contribution in [0.2, 0.25) is 0 Å². The van der Waals surface area contributed by atoms with Crippen molar-refractivity contribution in [1.82, 2.24) is 14.8 Å². The average Bonchev–Trinajstić information content (AvgIpc) is 2.73. The predicted molar refractivity (Wildman–Crippen MR) is 103 cm³/mol. The fourth-order valence-corrected chi connectivity index (χ4v) is 3.04. The molecule has 1 saturated heterocycles. The van der Waals surface area contributed by atoms with Gasteiger partial charge in [-0.15, -0.1) is 0 Å². The lowest BCUT2D eigenvalue weighted by Crippen LogP contribution is -2.48. The molecule has 7 heteroatoms. The van der Waals surface area contributed by atoms with Crippen LogP contribution in [0.15, 0.2) is 42.6 Å². The molecular formula is C20H24N4O3. The third-order valence-corrected chi connectivity index (χ3v) is 4.69. The van der Waals surface area contributed by atoms with Crippen LogP contribution in [0.3, 0.4) is 0 Å². The van der Waals surface area contributed by atoms with Gasteiger partial charge in [0.05, 0.1) is 12.7 Å². The Kier molecular flexibility index (Phi) is 6.03. The second-order valence-corrected chi connectivity index (χ2v) is 6.35. The molecule has 7 nitrogen and oxygen atoms in total. The SMILES string of the molecule is CCN1CCN(C(=O)c2ccnc(Nc3ccc(C(=O)OC)cc3)c2)CC1. The van der Waals surface area contributed by atoms with Gasteiger partial charge in [-0.3, -0.25) is 4.79 Å². The summed E-state index contributed by atoms with van der Waals surface area (Å²) in [4.78, 5) is 32.7. The fraction of sp³-hybridized carbons (Fsp3) is 0.350. The molecule has 1 aliphatic heterocycles. The quantitative estimate of drug-likeness (QED) is 0.817. The lowest BCUT2D eigenvalue weighted by Gasteiger charge is -2.34. The van der Waals surface area contributed by atoms with Gasteiger partial charge in [0.2, 0.25) is 0 Å². The summed E-state index contributed by atoms with van der Waals surface area (Å²) in [5, 5.41) is 3.16. The van der Waals surface area contributed by atoms with Crippen molar-refractivity contribution in [2.24, 2.45) is 0 Å². The number of amides is 1. The first-order valence-electron chi connectivity index (χ1n) is 9.04. The van der Waals surface area contributed by atoms with Gasteiger partial charge in [-0.1, -0.05) is 6.92 Å². The number of piperazine rings is 1. The van der Waals surface area contributed by atoms with Crippen LogP contribution >= 0.6 is 0 Å². The van der Waals surface area contributed by atoms with Gasteiger partial charge in [-0.25, -0.2) is 9.78 Å². The summed E-state index contributed by atoms with van der Waals surface area (Å²) in [6.45, 7) is 6.45. The van der Waals surface area contributed by atoms with Gasteiger partial charge in [0.1, 0.15) is 5.82 Å². The van der Waals surface area contributed by atoms with Crippen LogP contribution in [0.25, 0.3) is 0 Å². The Morgan fingerprint density at radius 3 is 2.41 bits per heavy atom.